The maximum absolute atomic E-state index is 12.6. The number of piperazine rings is 1. The molecule has 3 rings (SSSR count). The number of rotatable bonds is 5. The molecule has 1 amide bonds. The summed E-state index contributed by atoms with van der Waals surface area (Å²) in [5.41, 5.74) is 2.26. The van der Waals surface area contributed by atoms with Gasteiger partial charge in [-0.3, -0.25) is 9.48 Å². The Morgan fingerprint density at radius 3 is 2.60 bits per heavy atom. The predicted octanol–water partition coefficient (Wildman–Crippen LogP) is 2.33. The van der Waals surface area contributed by atoms with E-state index in [4.69, 9.17) is 4.74 Å². The molecule has 0 unspecified atom stereocenters. The molecule has 25 heavy (non-hydrogen) atoms. The molecule has 0 saturated carbocycles. The van der Waals surface area contributed by atoms with Crippen LogP contribution in [-0.4, -0.2) is 53.4 Å². The average Bonchev–Trinajstić information content (AvgIpc) is 3.04. The van der Waals surface area contributed by atoms with Crippen LogP contribution in [0.1, 0.15) is 19.0 Å². The van der Waals surface area contributed by atoms with Gasteiger partial charge in [0.15, 0.2) is 0 Å². The second-order valence-corrected chi connectivity index (χ2v) is 6.53. The molecule has 1 aromatic heterocycles. The molecule has 6 nitrogen and oxygen atoms in total. The number of methoxy groups -OCH3 is 1. The number of hydrogen-bond donors (Lipinski definition) is 0. The molecular weight excluding hydrogens is 316 g/mol. The number of benzene rings is 1. The number of nitrogens with zero attached hydrogens (tertiary/aromatic N) is 4. The molecule has 1 aliphatic heterocycles. The monoisotopic (exact) mass is 342 g/mol. The van der Waals surface area contributed by atoms with Crippen molar-refractivity contribution in [3.63, 3.8) is 0 Å². The number of anilines is 1. The highest BCUT2D eigenvalue weighted by molar-refractivity contribution is 5.77. The van der Waals surface area contributed by atoms with Gasteiger partial charge in [0.1, 0.15) is 5.75 Å². The van der Waals surface area contributed by atoms with Crippen LogP contribution in [0.3, 0.4) is 0 Å². The van der Waals surface area contributed by atoms with E-state index in [0.29, 0.717) is 13.0 Å². The van der Waals surface area contributed by atoms with E-state index in [1.54, 1.807) is 13.3 Å². The second-order valence-electron chi connectivity index (χ2n) is 6.53. The summed E-state index contributed by atoms with van der Waals surface area (Å²) in [6, 6.07) is 10.3. The molecule has 0 N–H and O–H groups in total. The number of aryl methyl sites for hydroxylation is 2. The van der Waals surface area contributed by atoms with Crippen LogP contribution < -0.4 is 9.64 Å². The quantitative estimate of drug-likeness (QED) is 0.837. The van der Waals surface area contributed by atoms with Crippen molar-refractivity contribution in [3.8, 4) is 5.75 Å². The van der Waals surface area contributed by atoms with Gasteiger partial charge in [-0.15, -0.1) is 0 Å². The molecule has 0 radical (unpaired) electrons. The van der Waals surface area contributed by atoms with Crippen LogP contribution in [0.4, 0.5) is 5.69 Å². The van der Waals surface area contributed by atoms with E-state index in [9.17, 15) is 4.79 Å². The average molecular weight is 342 g/mol. The Kier molecular flexibility index (Phi) is 5.26. The Labute approximate surface area is 149 Å². The van der Waals surface area contributed by atoms with Crippen molar-refractivity contribution in [2.75, 3.05) is 31.6 Å². The van der Waals surface area contributed by atoms with Crippen LogP contribution in [-0.2, 0) is 11.3 Å². The van der Waals surface area contributed by atoms with Gasteiger partial charge in [-0.25, -0.2) is 0 Å². The van der Waals surface area contributed by atoms with Crippen molar-refractivity contribution in [2.24, 2.45) is 0 Å². The molecule has 0 aliphatic carbocycles. The number of hydrogen-bond acceptors (Lipinski definition) is 4. The molecule has 1 saturated heterocycles. The topological polar surface area (TPSA) is 50.6 Å². The first-order valence-electron chi connectivity index (χ1n) is 8.75. The summed E-state index contributed by atoms with van der Waals surface area (Å²) in [6.45, 7) is 7.22. The summed E-state index contributed by atoms with van der Waals surface area (Å²) in [5, 5.41) is 4.25. The van der Waals surface area contributed by atoms with Gasteiger partial charge in [-0.05, 0) is 44.2 Å². The Hall–Kier alpha value is -2.50. The Morgan fingerprint density at radius 1 is 1.24 bits per heavy atom. The molecule has 2 aromatic rings. The van der Waals surface area contributed by atoms with Crippen molar-refractivity contribution >= 4 is 11.6 Å². The summed E-state index contributed by atoms with van der Waals surface area (Å²) in [5.74, 6) is 1.07. The third kappa shape index (κ3) is 3.95. The Morgan fingerprint density at radius 2 is 2.00 bits per heavy atom. The predicted molar refractivity (Wildman–Crippen MR) is 98.0 cm³/mol. The highest BCUT2D eigenvalue weighted by Crippen LogP contribution is 2.22. The van der Waals surface area contributed by atoms with E-state index in [0.717, 1.165) is 31.1 Å². The molecule has 6 heteroatoms. The summed E-state index contributed by atoms with van der Waals surface area (Å²) in [4.78, 5) is 16.9. The molecule has 1 aromatic carbocycles. The minimum Gasteiger partial charge on any atom is -0.497 e. The van der Waals surface area contributed by atoms with E-state index in [2.05, 4.69) is 29.1 Å². The van der Waals surface area contributed by atoms with Gasteiger partial charge in [0.05, 0.1) is 7.11 Å². The fraction of sp³-hybridized carbons (Fsp3) is 0.474. The van der Waals surface area contributed by atoms with Crippen molar-refractivity contribution in [1.29, 1.82) is 0 Å². The fourth-order valence-electron chi connectivity index (χ4n) is 3.33. The van der Waals surface area contributed by atoms with Gasteiger partial charge >= 0.3 is 0 Å². The van der Waals surface area contributed by atoms with Crippen LogP contribution in [0.5, 0.6) is 5.75 Å². The summed E-state index contributed by atoms with van der Waals surface area (Å²) in [6.07, 6.45) is 2.27. The third-order valence-corrected chi connectivity index (χ3v) is 4.85. The van der Waals surface area contributed by atoms with Crippen molar-refractivity contribution < 1.29 is 9.53 Å². The lowest BCUT2D eigenvalue weighted by atomic mass is 10.1. The first-order chi connectivity index (χ1) is 12.1. The second kappa shape index (κ2) is 7.59. The number of amides is 1. The minimum absolute atomic E-state index is 0.196. The van der Waals surface area contributed by atoms with Gasteiger partial charge in [-0.2, -0.15) is 5.10 Å². The first-order valence-corrected chi connectivity index (χ1v) is 8.75. The molecule has 134 valence electrons. The number of carbonyl (C=O) groups excluding carboxylic acids is 1. The SMILES string of the molecule is COc1ccc(N2CCN(C(=O)CCn3nccc3C)[C@@H](C)C2)cc1. The fourth-order valence-corrected chi connectivity index (χ4v) is 3.33. The summed E-state index contributed by atoms with van der Waals surface area (Å²) < 4.78 is 7.10. The number of aromatic nitrogens is 2. The maximum atomic E-state index is 12.6. The largest absolute Gasteiger partial charge is 0.497 e. The molecule has 0 bridgehead atoms. The molecular formula is C19H26N4O2. The van der Waals surface area contributed by atoms with Crippen LogP contribution in [0.15, 0.2) is 36.5 Å². The standard InChI is InChI=1S/C19H26N4O2/c1-15-8-10-20-23(15)11-9-19(24)22-13-12-21(14-16(22)2)17-4-6-18(25-3)7-5-17/h4-8,10,16H,9,11-14H2,1-3H3/t16-/m0/s1. The molecule has 2 heterocycles. The van der Waals surface area contributed by atoms with Crippen molar-refractivity contribution in [1.82, 2.24) is 14.7 Å². The van der Waals surface area contributed by atoms with Gasteiger partial charge < -0.3 is 14.5 Å². The lowest BCUT2D eigenvalue weighted by molar-refractivity contribution is -0.133. The van der Waals surface area contributed by atoms with Crippen LogP contribution in [0, 0.1) is 6.92 Å². The normalized spacial score (nSPS) is 17.6. The van der Waals surface area contributed by atoms with E-state index in [-0.39, 0.29) is 11.9 Å². The van der Waals surface area contributed by atoms with E-state index < -0.39 is 0 Å². The Balaban J connectivity index is 1.55. The first kappa shape index (κ1) is 17.3. The smallest absolute Gasteiger partial charge is 0.224 e. The molecule has 1 aliphatic rings. The molecule has 1 atom stereocenters. The van der Waals surface area contributed by atoms with Crippen LogP contribution >= 0.6 is 0 Å². The van der Waals surface area contributed by atoms with Crippen molar-refractivity contribution in [2.45, 2.75) is 32.9 Å². The maximum Gasteiger partial charge on any atom is 0.224 e. The van der Waals surface area contributed by atoms with E-state index >= 15 is 0 Å². The van der Waals surface area contributed by atoms with E-state index in [1.807, 2.05) is 34.7 Å². The van der Waals surface area contributed by atoms with E-state index in [1.165, 1.54) is 5.69 Å². The highest BCUT2D eigenvalue weighted by atomic mass is 16.5. The molecule has 1 fully saturated rings. The van der Waals surface area contributed by atoms with Gasteiger partial charge in [0.2, 0.25) is 5.91 Å². The van der Waals surface area contributed by atoms with Gasteiger partial charge in [0, 0.05) is 56.2 Å². The zero-order chi connectivity index (χ0) is 17.8. The third-order valence-electron chi connectivity index (χ3n) is 4.85. The van der Waals surface area contributed by atoms with Crippen LogP contribution in [0.2, 0.25) is 0 Å². The summed E-state index contributed by atoms with van der Waals surface area (Å²) in [7, 11) is 1.67. The number of carbonyl (C=O) groups is 1. The lowest BCUT2D eigenvalue weighted by Gasteiger charge is -2.41. The van der Waals surface area contributed by atoms with Gasteiger partial charge in [-0.1, -0.05) is 0 Å². The zero-order valence-corrected chi connectivity index (χ0v) is 15.2. The Bertz CT molecular complexity index is 710. The molecule has 0 spiro atoms. The van der Waals surface area contributed by atoms with Crippen molar-refractivity contribution in [3.05, 3.63) is 42.2 Å². The summed E-state index contributed by atoms with van der Waals surface area (Å²) >= 11 is 0. The lowest BCUT2D eigenvalue weighted by Crippen LogP contribution is -2.54. The van der Waals surface area contributed by atoms with Crippen LogP contribution in [0.25, 0.3) is 0 Å². The van der Waals surface area contributed by atoms with Gasteiger partial charge in [0.25, 0.3) is 0 Å². The minimum atomic E-state index is 0.196. The highest BCUT2D eigenvalue weighted by Gasteiger charge is 2.27. The number of ether oxygens (including phenoxy) is 1. The zero-order valence-electron chi connectivity index (χ0n) is 15.2.